The van der Waals surface area contributed by atoms with Crippen molar-refractivity contribution in [3.8, 4) is 0 Å². The molecule has 0 aromatic rings. The molecule has 1 fully saturated rings. The molecule has 1 aliphatic rings. The van der Waals surface area contributed by atoms with Gasteiger partial charge in [0.15, 0.2) is 0 Å². The Bertz CT molecular complexity index is 104. The first kappa shape index (κ1) is 9.01. The summed E-state index contributed by atoms with van der Waals surface area (Å²) >= 11 is 0. The summed E-state index contributed by atoms with van der Waals surface area (Å²) in [4.78, 5) is 0. The minimum absolute atomic E-state index is 0.0929. The molecule has 2 unspecified atom stereocenters. The Morgan fingerprint density at radius 1 is 1.09 bits per heavy atom. The highest BCUT2D eigenvalue weighted by Gasteiger charge is 2.19. The van der Waals surface area contributed by atoms with E-state index in [-0.39, 0.29) is 12.2 Å². The summed E-state index contributed by atoms with van der Waals surface area (Å²) in [7, 11) is 1.69. The summed E-state index contributed by atoms with van der Waals surface area (Å²) in [5.41, 5.74) is 0. The van der Waals surface area contributed by atoms with Gasteiger partial charge in [0.1, 0.15) is 0 Å². The topological polar surface area (TPSA) is 29.5 Å². The fraction of sp³-hybridized carbons (Fsp3) is 1.00. The third-order valence-electron chi connectivity index (χ3n) is 2.47. The van der Waals surface area contributed by atoms with E-state index in [1.54, 1.807) is 7.11 Å². The number of hydrogen-bond acceptors (Lipinski definition) is 2. The monoisotopic (exact) mass is 158 g/mol. The Hall–Kier alpha value is -0.0800. The highest BCUT2D eigenvalue weighted by molar-refractivity contribution is 4.71. The molecule has 1 aliphatic carbocycles. The zero-order valence-corrected chi connectivity index (χ0v) is 7.25. The second-order valence-corrected chi connectivity index (χ2v) is 3.33. The lowest BCUT2D eigenvalue weighted by Gasteiger charge is -2.23. The van der Waals surface area contributed by atoms with Crippen LogP contribution in [0.1, 0.15) is 38.5 Å². The third kappa shape index (κ3) is 2.80. The molecule has 0 aromatic heterocycles. The van der Waals surface area contributed by atoms with Crippen LogP contribution < -0.4 is 0 Å². The minimum atomic E-state index is -0.222. The maximum atomic E-state index is 9.55. The van der Waals surface area contributed by atoms with E-state index in [0.29, 0.717) is 0 Å². The van der Waals surface area contributed by atoms with Crippen molar-refractivity contribution in [3.05, 3.63) is 0 Å². The molecule has 2 nitrogen and oxygen atoms in total. The summed E-state index contributed by atoms with van der Waals surface area (Å²) in [6.45, 7) is 0. The molecule has 66 valence electrons. The van der Waals surface area contributed by atoms with Gasteiger partial charge >= 0.3 is 0 Å². The van der Waals surface area contributed by atoms with Gasteiger partial charge in [0, 0.05) is 7.11 Å². The molecular formula is C9H18O2. The van der Waals surface area contributed by atoms with Crippen molar-refractivity contribution in [2.45, 2.75) is 50.7 Å². The van der Waals surface area contributed by atoms with E-state index < -0.39 is 0 Å². The maximum Gasteiger partial charge on any atom is 0.0830 e. The summed E-state index contributed by atoms with van der Waals surface area (Å²) in [5, 5.41) is 9.55. The van der Waals surface area contributed by atoms with Crippen LogP contribution in [0.15, 0.2) is 0 Å². The van der Waals surface area contributed by atoms with Crippen LogP contribution in [0, 0.1) is 0 Å². The normalized spacial score (nSPS) is 34.4. The van der Waals surface area contributed by atoms with E-state index in [0.717, 1.165) is 19.3 Å². The maximum absolute atomic E-state index is 9.55. The lowest BCUT2D eigenvalue weighted by atomic mass is 9.96. The zero-order chi connectivity index (χ0) is 8.10. The molecule has 0 spiro atoms. The molecule has 1 N–H and O–H groups in total. The number of methoxy groups -OCH3 is 1. The predicted molar refractivity (Wildman–Crippen MR) is 44.5 cm³/mol. The molecule has 0 aliphatic heterocycles. The molecule has 0 heterocycles. The lowest BCUT2D eigenvalue weighted by molar-refractivity contribution is -0.0255. The molecule has 11 heavy (non-hydrogen) atoms. The molecule has 1 rings (SSSR count). The zero-order valence-electron chi connectivity index (χ0n) is 7.25. The summed E-state index contributed by atoms with van der Waals surface area (Å²) in [5.74, 6) is 0. The number of aliphatic hydroxyl groups is 1. The average Bonchev–Trinajstić information content (AvgIpc) is 1.98. The van der Waals surface area contributed by atoms with Crippen LogP contribution in [0.25, 0.3) is 0 Å². The molecule has 0 saturated heterocycles. The largest absolute Gasteiger partial charge is 0.390 e. The Kier molecular flexibility index (Phi) is 3.87. The van der Waals surface area contributed by atoms with Gasteiger partial charge in [-0.1, -0.05) is 25.7 Å². The van der Waals surface area contributed by atoms with Crippen molar-refractivity contribution >= 4 is 0 Å². The first-order valence-electron chi connectivity index (χ1n) is 4.55. The van der Waals surface area contributed by atoms with Gasteiger partial charge in [-0.05, 0) is 12.8 Å². The number of hydrogen-bond donors (Lipinski definition) is 1. The van der Waals surface area contributed by atoms with Crippen molar-refractivity contribution in [1.29, 1.82) is 0 Å². The molecule has 2 heteroatoms. The fourth-order valence-corrected chi connectivity index (χ4v) is 1.71. The van der Waals surface area contributed by atoms with Crippen molar-refractivity contribution in [1.82, 2.24) is 0 Å². The summed E-state index contributed by atoms with van der Waals surface area (Å²) < 4.78 is 5.19. The smallest absolute Gasteiger partial charge is 0.0830 e. The molecule has 0 aromatic carbocycles. The first-order valence-corrected chi connectivity index (χ1v) is 4.55. The van der Waals surface area contributed by atoms with E-state index in [1.165, 1.54) is 19.3 Å². The Balaban J connectivity index is 2.33. The van der Waals surface area contributed by atoms with Gasteiger partial charge in [-0.15, -0.1) is 0 Å². The Labute approximate surface area is 68.6 Å². The first-order chi connectivity index (χ1) is 5.34. The Morgan fingerprint density at radius 3 is 2.36 bits per heavy atom. The number of aliphatic hydroxyl groups excluding tert-OH is 1. The van der Waals surface area contributed by atoms with Gasteiger partial charge < -0.3 is 9.84 Å². The molecule has 0 radical (unpaired) electrons. The van der Waals surface area contributed by atoms with Gasteiger partial charge in [0.05, 0.1) is 12.2 Å². The third-order valence-corrected chi connectivity index (χ3v) is 2.47. The van der Waals surface area contributed by atoms with Crippen molar-refractivity contribution < 1.29 is 9.84 Å². The van der Waals surface area contributed by atoms with Crippen molar-refractivity contribution in [2.24, 2.45) is 0 Å². The van der Waals surface area contributed by atoms with Crippen LogP contribution in [0.5, 0.6) is 0 Å². The van der Waals surface area contributed by atoms with E-state index in [4.69, 9.17) is 4.74 Å². The second kappa shape index (κ2) is 4.73. The predicted octanol–water partition coefficient (Wildman–Crippen LogP) is 1.72. The molecular weight excluding hydrogens is 140 g/mol. The van der Waals surface area contributed by atoms with Gasteiger partial charge in [-0.3, -0.25) is 0 Å². The van der Waals surface area contributed by atoms with E-state index in [2.05, 4.69) is 0 Å². The SMILES string of the molecule is COC1CCCCCCC1O. The van der Waals surface area contributed by atoms with Crippen LogP contribution in [0.2, 0.25) is 0 Å². The van der Waals surface area contributed by atoms with Crippen molar-refractivity contribution in [3.63, 3.8) is 0 Å². The van der Waals surface area contributed by atoms with E-state index in [9.17, 15) is 5.11 Å². The average molecular weight is 158 g/mol. The van der Waals surface area contributed by atoms with Crippen LogP contribution in [0.4, 0.5) is 0 Å². The van der Waals surface area contributed by atoms with E-state index >= 15 is 0 Å². The van der Waals surface area contributed by atoms with Gasteiger partial charge in [-0.25, -0.2) is 0 Å². The van der Waals surface area contributed by atoms with Crippen molar-refractivity contribution in [2.75, 3.05) is 7.11 Å². The second-order valence-electron chi connectivity index (χ2n) is 3.33. The van der Waals surface area contributed by atoms with Gasteiger partial charge in [-0.2, -0.15) is 0 Å². The molecule has 0 amide bonds. The van der Waals surface area contributed by atoms with Crippen LogP contribution in [-0.4, -0.2) is 24.4 Å². The Morgan fingerprint density at radius 2 is 1.73 bits per heavy atom. The number of ether oxygens (including phenoxy) is 1. The summed E-state index contributed by atoms with van der Waals surface area (Å²) in [6.07, 6.45) is 6.74. The summed E-state index contributed by atoms with van der Waals surface area (Å²) in [6, 6.07) is 0. The molecule has 2 atom stereocenters. The van der Waals surface area contributed by atoms with Crippen LogP contribution in [0.3, 0.4) is 0 Å². The quantitative estimate of drug-likeness (QED) is 0.629. The molecule has 1 saturated carbocycles. The highest BCUT2D eigenvalue weighted by Crippen LogP contribution is 2.19. The van der Waals surface area contributed by atoms with Crippen LogP contribution in [-0.2, 0) is 4.74 Å². The van der Waals surface area contributed by atoms with Crippen LogP contribution >= 0.6 is 0 Å². The lowest BCUT2D eigenvalue weighted by Crippen LogP contribution is -2.28. The van der Waals surface area contributed by atoms with E-state index in [1.807, 2.05) is 0 Å². The highest BCUT2D eigenvalue weighted by atomic mass is 16.5. The molecule has 0 bridgehead atoms. The standard InChI is InChI=1S/C9H18O2/c1-11-9-7-5-3-2-4-6-8(9)10/h8-10H,2-7H2,1H3. The van der Waals surface area contributed by atoms with Gasteiger partial charge in [0.2, 0.25) is 0 Å². The minimum Gasteiger partial charge on any atom is -0.390 e. The number of rotatable bonds is 1. The fourth-order valence-electron chi connectivity index (χ4n) is 1.71. The van der Waals surface area contributed by atoms with Gasteiger partial charge in [0.25, 0.3) is 0 Å².